The molecule has 8 heteroatoms. The molecule has 1 aliphatic carbocycles. The van der Waals surface area contributed by atoms with Crippen LogP contribution >= 0.6 is 0 Å². The van der Waals surface area contributed by atoms with E-state index in [0.29, 0.717) is 31.8 Å². The molecule has 164 valence electrons. The van der Waals surface area contributed by atoms with Crippen LogP contribution in [-0.2, 0) is 14.8 Å². The van der Waals surface area contributed by atoms with E-state index < -0.39 is 15.3 Å². The molecule has 1 amide bonds. The van der Waals surface area contributed by atoms with E-state index in [9.17, 15) is 13.2 Å². The van der Waals surface area contributed by atoms with Gasteiger partial charge in [0.05, 0.1) is 5.25 Å². The predicted molar refractivity (Wildman–Crippen MR) is 118 cm³/mol. The van der Waals surface area contributed by atoms with Gasteiger partial charge in [0, 0.05) is 49.4 Å². The lowest BCUT2D eigenvalue weighted by atomic mass is 9.83. The topological polar surface area (TPSA) is 86.4 Å². The van der Waals surface area contributed by atoms with Crippen LogP contribution in [-0.4, -0.2) is 64.4 Å². The van der Waals surface area contributed by atoms with Gasteiger partial charge in [-0.1, -0.05) is 0 Å². The Labute approximate surface area is 178 Å². The zero-order valence-corrected chi connectivity index (χ0v) is 19.1. The number of aromatic amines is 1. The number of hydrogen-bond acceptors (Lipinski definition) is 4. The molecule has 0 bridgehead atoms. The van der Waals surface area contributed by atoms with Crippen LogP contribution in [0.3, 0.4) is 0 Å². The van der Waals surface area contributed by atoms with Gasteiger partial charge in [0.1, 0.15) is 5.65 Å². The Morgan fingerprint density at radius 3 is 2.53 bits per heavy atom. The molecule has 0 unspecified atom stereocenters. The molecule has 1 N–H and O–H groups in total. The van der Waals surface area contributed by atoms with Crippen molar-refractivity contribution >= 4 is 27.0 Å². The van der Waals surface area contributed by atoms with Crippen LogP contribution in [0.15, 0.2) is 24.5 Å². The third-order valence-electron chi connectivity index (χ3n) is 6.94. The molecule has 2 aromatic rings. The van der Waals surface area contributed by atoms with Crippen molar-refractivity contribution in [3.63, 3.8) is 0 Å². The Kier molecular flexibility index (Phi) is 5.43. The molecular formula is C22H32N4O3S. The molecule has 30 heavy (non-hydrogen) atoms. The van der Waals surface area contributed by atoms with Gasteiger partial charge in [-0.25, -0.2) is 17.7 Å². The van der Waals surface area contributed by atoms with Crippen molar-refractivity contribution in [2.24, 2.45) is 5.92 Å². The van der Waals surface area contributed by atoms with Gasteiger partial charge in [-0.3, -0.25) is 4.79 Å². The van der Waals surface area contributed by atoms with Gasteiger partial charge in [0.15, 0.2) is 0 Å². The van der Waals surface area contributed by atoms with Crippen LogP contribution < -0.4 is 0 Å². The van der Waals surface area contributed by atoms with Gasteiger partial charge in [-0.15, -0.1) is 0 Å². The molecule has 0 atom stereocenters. The minimum absolute atomic E-state index is 0.0561. The number of carbonyl (C=O) groups is 1. The molecule has 4 rings (SSSR count). The molecule has 0 aromatic carbocycles. The van der Waals surface area contributed by atoms with Gasteiger partial charge in [-0.05, 0) is 70.1 Å². The summed E-state index contributed by atoms with van der Waals surface area (Å²) in [5.41, 5.74) is 1.86. The maximum absolute atomic E-state index is 13.1. The molecule has 7 nitrogen and oxygen atoms in total. The molecular weight excluding hydrogens is 400 g/mol. The quantitative estimate of drug-likeness (QED) is 0.804. The first-order valence-corrected chi connectivity index (χ1v) is 12.3. The van der Waals surface area contributed by atoms with Crippen molar-refractivity contribution in [2.75, 3.05) is 20.1 Å². The van der Waals surface area contributed by atoms with E-state index in [-0.39, 0.29) is 17.4 Å². The monoisotopic (exact) mass is 432 g/mol. The van der Waals surface area contributed by atoms with Crippen molar-refractivity contribution in [3.05, 3.63) is 30.1 Å². The number of aromatic nitrogens is 2. The van der Waals surface area contributed by atoms with Gasteiger partial charge in [0.25, 0.3) is 0 Å². The number of rotatable bonds is 4. The average molecular weight is 433 g/mol. The van der Waals surface area contributed by atoms with Crippen LogP contribution in [0.25, 0.3) is 11.0 Å². The summed E-state index contributed by atoms with van der Waals surface area (Å²) in [6, 6.07) is 4.00. The summed E-state index contributed by atoms with van der Waals surface area (Å²) < 4.78 is 27.8. The molecule has 3 heterocycles. The molecule has 1 saturated heterocycles. The number of H-pyrrole nitrogens is 1. The molecule has 2 aliphatic rings. The van der Waals surface area contributed by atoms with E-state index in [1.807, 2.05) is 33.0 Å². The van der Waals surface area contributed by atoms with Crippen molar-refractivity contribution in [2.45, 2.75) is 63.2 Å². The van der Waals surface area contributed by atoms with Gasteiger partial charge < -0.3 is 9.88 Å². The van der Waals surface area contributed by atoms with E-state index in [0.717, 1.165) is 23.9 Å². The zero-order chi connectivity index (χ0) is 21.7. The second-order valence-corrected chi connectivity index (χ2v) is 11.9. The number of pyridine rings is 1. The number of carbonyl (C=O) groups excluding carboxylic acids is 1. The van der Waals surface area contributed by atoms with Gasteiger partial charge in [0.2, 0.25) is 15.9 Å². The van der Waals surface area contributed by atoms with E-state index in [1.54, 1.807) is 22.4 Å². The van der Waals surface area contributed by atoms with Crippen molar-refractivity contribution < 1.29 is 13.2 Å². The Bertz CT molecular complexity index is 1030. The lowest BCUT2D eigenvalue weighted by Gasteiger charge is -2.42. The first-order valence-electron chi connectivity index (χ1n) is 10.8. The standard InChI is InChI=1S/C22H32N4O3S/c1-22(2,3)25(4)21(27)16-12-17(13-16)30(28,29)26-10-7-15(8-11-26)19-14-24-20-18(19)6-5-9-23-20/h5-6,9,14-17H,7-8,10-13H2,1-4H3,(H,23,24)/t16-,17-. The smallest absolute Gasteiger partial charge is 0.225 e. The minimum Gasteiger partial charge on any atom is -0.346 e. The summed E-state index contributed by atoms with van der Waals surface area (Å²) in [6.07, 6.45) is 6.28. The van der Waals surface area contributed by atoms with E-state index in [4.69, 9.17) is 0 Å². The fraction of sp³-hybridized carbons (Fsp3) is 0.636. The Morgan fingerprint density at radius 1 is 1.23 bits per heavy atom. The van der Waals surface area contributed by atoms with E-state index in [2.05, 4.69) is 16.0 Å². The highest BCUT2D eigenvalue weighted by atomic mass is 32.2. The predicted octanol–water partition coefficient (Wildman–Crippen LogP) is 3.11. The number of hydrogen-bond donors (Lipinski definition) is 1. The summed E-state index contributed by atoms with van der Waals surface area (Å²) >= 11 is 0. The molecule has 1 saturated carbocycles. The van der Waals surface area contributed by atoms with Gasteiger partial charge >= 0.3 is 0 Å². The number of fused-ring (bicyclic) bond motifs is 1. The molecule has 0 radical (unpaired) electrons. The number of sulfonamides is 1. The molecule has 1 aliphatic heterocycles. The number of nitrogens with zero attached hydrogens (tertiary/aromatic N) is 3. The fourth-order valence-electron chi connectivity index (χ4n) is 4.56. The summed E-state index contributed by atoms with van der Waals surface area (Å²) in [6.45, 7) is 7.05. The van der Waals surface area contributed by atoms with Crippen LogP contribution in [0.4, 0.5) is 0 Å². The van der Waals surface area contributed by atoms with E-state index >= 15 is 0 Å². The maximum Gasteiger partial charge on any atom is 0.225 e. The molecule has 2 fully saturated rings. The zero-order valence-electron chi connectivity index (χ0n) is 18.3. The normalized spacial score (nSPS) is 24.0. The largest absolute Gasteiger partial charge is 0.346 e. The highest BCUT2D eigenvalue weighted by Crippen LogP contribution is 2.39. The second kappa shape index (κ2) is 7.64. The highest BCUT2D eigenvalue weighted by Gasteiger charge is 2.47. The Balaban J connectivity index is 1.35. The van der Waals surface area contributed by atoms with Crippen molar-refractivity contribution in [3.8, 4) is 0 Å². The summed E-state index contributed by atoms with van der Waals surface area (Å²) in [5.74, 6) is 0.219. The van der Waals surface area contributed by atoms with Crippen LogP contribution in [0.2, 0.25) is 0 Å². The third-order valence-corrected chi connectivity index (χ3v) is 9.25. The Morgan fingerprint density at radius 2 is 1.90 bits per heavy atom. The summed E-state index contributed by atoms with van der Waals surface area (Å²) in [7, 11) is -1.54. The van der Waals surface area contributed by atoms with Crippen LogP contribution in [0.5, 0.6) is 0 Å². The first-order chi connectivity index (χ1) is 14.1. The SMILES string of the molecule is CN(C(=O)[C@H]1C[C@H](S(=O)(=O)N2CCC(c3c[nH]c4ncccc34)CC2)C1)C(C)(C)C. The number of nitrogens with one attached hydrogen (secondary N) is 1. The van der Waals surface area contributed by atoms with Crippen LogP contribution in [0, 0.1) is 5.92 Å². The lowest BCUT2D eigenvalue weighted by molar-refractivity contribution is -0.141. The second-order valence-electron chi connectivity index (χ2n) is 9.72. The Hall–Kier alpha value is -1.93. The highest BCUT2D eigenvalue weighted by molar-refractivity contribution is 7.89. The van der Waals surface area contributed by atoms with Crippen molar-refractivity contribution in [1.29, 1.82) is 0 Å². The fourth-order valence-corrected chi connectivity index (χ4v) is 6.65. The minimum atomic E-state index is -3.35. The lowest BCUT2D eigenvalue weighted by Crippen LogP contribution is -2.53. The maximum atomic E-state index is 13.1. The number of piperidine rings is 1. The average Bonchev–Trinajstić information content (AvgIpc) is 3.09. The first kappa shape index (κ1) is 21.3. The summed E-state index contributed by atoms with van der Waals surface area (Å²) in [5, 5.41) is 0.704. The molecule has 0 spiro atoms. The molecule has 2 aromatic heterocycles. The van der Waals surface area contributed by atoms with E-state index in [1.165, 1.54) is 5.56 Å². The van der Waals surface area contributed by atoms with Gasteiger partial charge in [-0.2, -0.15) is 0 Å². The number of amides is 1. The van der Waals surface area contributed by atoms with Crippen molar-refractivity contribution in [1.82, 2.24) is 19.2 Å². The summed E-state index contributed by atoms with van der Waals surface area (Å²) in [4.78, 5) is 21.9. The third kappa shape index (κ3) is 3.75. The van der Waals surface area contributed by atoms with Crippen LogP contribution in [0.1, 0.15) is 57.9 Å².